The monoisotopic (exact) mass is 474 g/mol. The van der Waals surface area contributed by atoms with Gasteiger partial charge in [0.15, 0.2) is 11.2 Å². The summed E-state index contributed by atoms with van der Waals surface area (Å²) in [6, 6.07) is 10.7. The Kier molecular flexibility index (Phi) is 5.42. The van der Waals surface area contributed by atoms with Crippen LogP contribution in [0.5, 0.6) is 0 Å². The maximum absolute atomic E-state index is 14.1. The number of benzene rings is 1. The van der Waals surface area contributed by atoms with Crippen molar-refractivity contribution >= 4 is 39.9 Å². The van der Waals surface area contributed by atoms with Gasteiger partial charge in [0.1, 0.15) is 0 Å². The number of alkyl halides is 3. The molecule has 4 aromatic rings. The predicted molar refractivity (Wildman–Crippen MR) is 119 cm³/mol. The fourth-order valence-electron chi connectivity index (χ4n) is 4.03. The molecule has 1 atom stereocenters. The normalized spacial score (nSPS) is 16.3. The van der Waals surface area contributed by atoms with E-state index in [2.05, 4.69) is 15.0 Å². The maximum atomic E-state index is 14.1. The molecule has 0 saturated heterocycles. The van der Waals surface area contributed by atoms with Gasteiger partial charge >= 0.3 is 6.18 Å². The van der Waals surface area contributed by atoms with Crippen LogP contribution in [0.15, 0.2) is 59.2 Å². The van der Waals surface area contributed by atoms with E-state index in [4.69, 9.17) is 0 Å². The van der Waals surface area contributed by atoms with Crippen LogP contribution in [0.2, 0.25) is 0 Å². The largest absolute Gasteiger partial charge is 0.414 e. The Bertz CT molecular complexity index is 1270. The van der Waals surface area contributed by atoms with Crippen LogP contribution in [0.4, 0.5) is 13.2 Å². The summed E-state index contributed by atoms with van der Waals surface area (Å²) in [6.45, 7) is 0.00844. The molecule has 1 unspecified atom stereocenters. The Morgan fingerprint density at radius 2 is 2.06 bits per heavy atom. The van der Waals surface area contributed by atoms with Crippen LogP contribution in [0.25, 0.3) is 21.5 Å². The highest BCUT2D eigenvalue weighted by molar-refractivity contribution is 7.99. The Morgan fingerprint density at radius 1 is 1.22 bits per heavy atom. The average Bonchev–Trinajstić information content (AvgIpc) is 3.44. The molecule has 0 bridgehead atoms. The lowest BCUT2D eigenvalue weighted by Crippen LogP contribution is -2.47. The zero-order chi connectivity index (χ0) is 22.3. The molecule has 1 aliphatic heterocycles. The molecule has 0 fully saturated rings. The summed E-state index contributed by atoms with van der Waals surface area (Å²) in [6.07, 6.45) is -2.64. The summed E-state index contributed by atoms with van der Waals surface area (Å²) >= 11 is 2.57. The standard InChI is InChI=1S/C22H17F3N4OS2/c23-22(24,25)20-19-14(13-4-1-2-5-15(13)27-19)8-10-29(20)18(30)12-32-21-26-9-7-16(28-21)17-6-3-11-31-17/h1-7,9,11,20,27H,8,10,12H2. The molecule has 5 nitrogen and oxygen atoms in total. The maximum Gasteiger partial charge on any atom is 0.414 e. The zero-order valence-corrected chi connectivity index (χ0v) is 18.2. The minimum atomic E-state index is -4.59. The van der Waals surface area contributed by atoms with Crippen molar-refractivity contribution in [1.82, 2.24) is 19.9 Å². The molecule has 0 spiro atoms. The Hall–Kier alpha value is -2.85. The molecule has 10 heteroatoms. The number of hydrogen-bond donors (Lipinski definition) is 1. The van der Waals surface area contributed by atoms with Crippen molar-refractivity contribution in [3.63, 3.8) is 0 Å². The molecule has 1 aromatic carbocycles. The quantitative estimate of drug-likeness (QED) is 0.315. The van der Waals surface area contributed by atoms with E-state index in [1.54, 1.807) is 30.5 Å². The Morgan fingerprint density at radius 3 is 2.84 bits per heavy atom. The number of H-pyrrole nitrogens is 1. The first-order valence-electron chi connectivity index (χ1n) is 9.87. The molecule has 3 aromatic heterocycles. The number of carbonyl (C=O) groups excluding carboxylic acids is 1. The van der Waals surface area contributed by atoms with E-state index >= 15 is 0 Å². The minimum Gasteiger partial charge on any atom is -0.356 e. The molecule has 0 saturated carbocycles. The van der Waals surface area contributed by atoms with Crippen molar-refractivity contribution < 1.29 is 18.0 Å². The number of nitrogens with one attached hydrogen (secondary N) is 1. The van der Waals surface area contributed by atoms with Gasteiger partial charge < -0.3 is 9.88 Å². The van der Waals surface area contributed by atoms with Gasteiger partial charge in [0, 0.05) is 23.6 Å². The Balaban J connectivity index is 1.38. The van der Waals surface area contributed by atoms with Crippen molar-refractivity contribution in [1.29, 1.82) is 0 Å². The fraction of sp³-hybridized carbons (Fsp3) is 0.227. The summed E-state index contributed by atoms with van der Waals surface area (Å²) in [7, 11) is 0. The topological polar surface area (TPSA) is 61.9 Å². The van der Waals surface area contributed by atoms with Crippen LogP contribution in [-0.2, 0) is 11.2 Å². The van der Waals surface area contributed by atoms with E-state index in [9.17, 15) is 18.0 Å². The molecule has 164 valence electrons. The lowest BCUT2D eigenvalue weighted by atomic mass is 9.97. The number of aromatic amines is 1. The number of carbonyl (C=O) groups is 1. The highest BCUT2D eigenvalue weighted by atomic mass is 32.2. The van der Waals surface area contributed by atoms with Crippen LogP contribution in [0.3, 0.4) is 0 Å². The second-order valence-electron chi connectivity index (χ2n) is 7.33. The lowest BCUT2D eigenvalue weighted by Gasteiger charge is -2.36. The molecular formula is C22H17F3N4OS2. The molecule has 1 aliphatic rings. The molecule has 1 N–H and O–H groups in total. The molecule has 0 radical (unpaired) electrons. The number of thiophene rings is 1. The number of nitrogens with zero attached hydrogens (tertiary/aromatic N) is 3. The number of para-hydroxylation sites is 1. The van der Waals surface area contributed by atoms with Crippen molar-refractivity contribution in [2.75, 3.05) is 12.3 Å². The first-order valence-corrected chi connectivity index (χ1v) is 11.7. The van der Waals surface area contributed by atoms with Gasteiger partial charge in [0.2, 0.25) is 5.91 Å². The molecular weight excluding hydrogens is 457 g/mol. The van der Waals surface area contributed by atoms with E-state index in [-0.39, 0.29) is 18.0 Å². The molecule has 1 amide bonds. The highest BCUT2D eigenvalue weighted by Gasteiger charge is 2.50. The third kappa shape index (κ3) is 3.88. The zero-order valence-electron chi connectivity index (χ0n) is 16.6. The smallest absolute Gasteiger partial charge is 0.356 e. The van der Waals surface area contributed by atoms with Crippen LogP contribution in [-0.4, -0.2) is 44.2 Å². The van der Waals surface area contributed by atoms with E-state index in [1.165, 1.54) is 11.3 Å². The van der Waals surface area contributed by atoms with Gasteiger partial charge in [-0.2, -0.15) is 13.2 Å². The van der Waals surface area contributed by atoms with Crippen LogP contribution >= 0.6 is 23.1 Å². The number of aromatic nitrogens is 3. The predicted octanol–water partition coefficient (Wildman–Crippen LogP) is 5.47. The van der Waals surface area contributed by atoms with Gasteiger partial charge in [-0.1, -0.05) is 36.0 Å². The van der Waals surface area contributed by atoms with Crippen LogP contribution < -0.4 is 0 Å². The molecule has 5 rings (SSSR count). The second kappa shape index (κ2) is 8.25. The summed E-state index contributed by atoms with van der Waals surface area (Å²) in [5, 5.41) is 3.06. The molecule has 32 heavy (non-hydrogen) atoms. The van der Waals surface area contributed by atoms with Crippen molar-refractivity contribution in [3.8, 4) is 10.6 Å². The van der Waals surface area contributed by atoms with Gasteiger partial charge in [-0.15, -0.1) is 11.3 Å². The van der Waals surface area contributed by atoms with E-state index in [0.717, 1.165) is 32.6 Å². The number of amides is 1. The summed E-state index contributed by atoms with van der Waals surface area (Å²) in [5.74, 6) is -0.762. The third-order valence-corrected chi connectivity index (χ3v) is 7.14. The van der Waals surface area contributed by atoms with Crippen molar-refractivity contribution in [3.05, 3.63) is 65.3 Å². The lowest BCUT2D eigenvalue weighted by molar-refractivity contribution is -0.193. The Labute approximate surface area is 189 Å². The third-order valence-electron chi connectivity index (χ3n) is 5.40. The van der Waals surface area contributed by atoms with Gasteiger partial charge in [-0.25, -0.2) is 9.97 Å². The van der Waals surface area contributed by atoms with E-state index < -0.39 is 18.1 Å². The number of thioether (sulfide) groups is 1. The van der Waals surface area contributed by atoms with Gasteiger partial charge in [0.05, 0.1) is 22.0 Å². The minimum absolute atomic E-state index is 0.00844. The van der Waals surface area contributed by atoms with E-state index in [0.29, 0.717) is 22.7 Å². The number of halogens is 3. The number of hydrogen-bond acceptors (Lipinski definition) is 5. The summed E-state index contributed by atoms with van der Waals surface area (Å²) in [5.41, 5.74) is 2.05. The molecule has 0 aliphatic carbocycles. The average molecular weight is 475 g/mol. The van der Waals surface area contributed by atoms with Crippen molar-refractivity contribution in [2.45, 2.75) is 23.8 Å². The first kappa shape index (κ1) is 21.0. The first-order chi connectivity index (χ1) is 15.4. The van der Waals surface area contributed by atoms with Crippen LogP contribution in [0.1, 0.15) is 17.3 Å². The van der Waals surface area contributed by atoms with E-state index in [1.807, 2.05) is 23.6 Å². The van der Waals surface area contributed by atoms with Gasteiger partial charge in [0.25, 0.3) is 0 Å². The SMILES string of the molecule is O=C(CSc1nccc(-c2cccs2)n1)N1CCc2c([nH]c3ccccc23)C1C(F)(F)F. The molecule has 4 heterocycles. The van der Waals surface area contributed by atoms with Gasteiger partial charge in [-0.3, -0.25) is 4.79 Å². The number of rotatable bonds is 4. The fourth-order valence-corrected chi connectivity index (χ4v) is 5.44. The van der Waals surface area contributed by atoms with Gasteiger partial charge in [-0.05, 0) is 35.6 Å². The number of fused-ring (bicyclic) bond motifs is 3. The summed E-state index contributed by atoms with van der Waals surface area (Å²) < 4.78 is 42.3. The van der Waals surface area contributed by atoms with Crippen molar-refractivity contribution in [2.24, 2.45) is 0 Å². The highest BCUT2D eigenvalue weighted by Crippen LogP contribution is 2.44. The second-order valence-corrected chi connectivity index (χ2v) is 9.22. The van der Waals surface area contributed by atoms with Crippen LogP contribution in [0, 0.1) is 0 Å². The summed E-state index contributed by atoms with van der Waals surface area (Å²) in [4.78, 5) is 26.3.